The van der Waals surface area contributed by atoms with Crippen molar-refractivity contribution in [2.45, 2.75) is 31.5 Å². The Labute approximate surface area is 111 Å². The van der Waals surface area contributed by atoms with Gasteiger partial charge in [0.2, 0.25) is 0 Å². The predicted molar refractivity (Wildman–Crippen MR) is 70.8 cm³/mol. The Balaban J connectivity index is 2.89. The maximum absolute atomic E-state index is 9.91. The van der Waals surface area contributed by atoms with Crippen LogP contribution in [0.15, 0.2) is 29.5 Å². The van der Waals surface area contributed by atoms with Crippen LogP contribution >= 0.6 is 0 Å². The molecule has 1 fully saturated rings. The minimum Gasteiger partial charge on any atom is -0.394 e. The molecule has 0 amide bonds. The Morgan fingerprint density at radius 1 is 1.47 bits per heavy atom. The molecule has 7 nitrogen and oxygen atoms in total. The molecule has 4 N–H and O–H groups in total. The zero-order valence-electron chi connectivity index (χ0n) is 10.7. The summed E-state index contributed by atoms with van der Waals surface area (Å²) in [6, 6.07) is 0. The van der Waals surface area contributed by atoms with Gasteiger partial charge >= 0.3 is 0 Å². The molecular formula is C12H19N3O4. The van der Waals surface area contributed by atoms with E-state index in [-0.39, 0.29) is 5.84 Å². The highest BCUT2D eigenvalue weighted by Crippen LogP contribution is 2.26. The quantitative estimate of drug-likeness (QED) is 0.395. The molecule has 7 heteroatoms. The lowest BCUT2D eigenvalue weighted by Gasteiger charge is -2.29. The van der Waals surface area contributed by atoms with Gasteiger partial charge in [0.05, 0.1) is 6.61 Å². The van der Waals surface area contributed by atoms with Gasteiger partial charge in [-0.3, -0.25) is 5.41 Å². The first-order chi connectivity index (χ1) is 8.92. The number of rotatable bonds is 5. The molecule has 1 saturated heterocycles. The molecule has 19 heavy (non-hydrogen) atoms. The van der Waals surface area contributed by atoms with Gasteiger partial charge in [-0.05, 0) is 19.7 Å². The van der Waals surface area contributed by atoms with Crippen molar-refractivity contribution in [2.75, 3.05) is 6.61 Å². The normalized spacial score (nSPS) is 30.5. The third kappa shape index (κ3) is 3.48. The number of amidine groups is 1. The van der Waals surface area contributed by atoms with Gasteiger partial charge in [-0.15, -0.1) is 0 Å². The fourth-order valence-corrected chi connectivity index (χ4v) is 1.74. The van der Waals surface area contributed by atoms with E-state index in [0.717, 1.165) is 0 Å². The second kappa shape index (κ2) is 6.58. The number of allylic oxidation sites excluding steroid dienone is 1. The van der Waals surface area contributed by atoms with Crippen molar-refractivity contribution in [1.29, 1.82) is 5.41 Å². The summed E-state index contributed by atoms with van der Waals surface area (Å²) in [5.74, 6) is -0.0574. The van der Waals surface area contributed by atoms with Crippen LogP contribution in [-0.4, -0.2) is 63.9 Å². The lowest BCUT2D eigenvalue weighted by molar-refractivity contribution is -0.0686. The highest BCUT2D eigenvalue weighted by molar-refractivity contribution is 5.93. The number of hydrogen-bond acceptors (Lipinski definition) is 6. The molecule has 0 aromatic rings. The van der Waals surface area contributed by atoms with Crippen LogP contribution in [0.5, 0.6) is 0 Å². The van der Waals surface area contributed by atoms with Crippen LogP contribution in [0.4, 0.5) is 0 Å². The average Bonchev–Trinajstić information content (AvgIpc) is 2.66. The predicted octanol–water partition coefficient (Wildman–Crippen LogP) is -0.547. The fraction of sp³-hybridized carbons (Fsp3) is 0.500. The van der Waals surface area contributed by atoms with Crippen molar-refractivity contribution in [3.05, 3.63) is 24.6 Å². The summed E-state index contributed by atoms with van der Waals surface area (Å²) < 4.78 is 5.37. The number of aliphatic hydroxyl groups excluding tert-OH is 3. The number of ether oxygens (including phenoxy) is 1. The first-order valence-electron chi connectivity index (χ1n) is 5.72. The standard InChI is InChI=1S/C12H19N3O4/c1-7(2)15(5-4-9(13)14-3)12-11(18)10(17)8(6-16)19-12/h4-5,8,10-13,16-18H,1,3,6H2,2H3/b5-4-,13-9?/t8-,10?,11+,12-/m1/s1. The minimum atomic E-state index is -1.19. The first-order valence-corrected chi connectivity index (χ1v) is 5.72. The minimum absolute atomic E-state index is 0.0574. The Morgan fingerprint density at radius 3 is 2.53 bits per heavy atom. The molecule has 1 aliphatic heterocycles. The average molecular weight is 269 g/mol. The molecule has 106 valence electrons. The smallest absolute Gasteiger partial charge is 0.163 e. The number of aliphatic hydroxyl groups is 3. The molecule has 0 bridgehead atoms. The number of hydrogen-bond donors (Lipinski definition) is 4. The highest BCUT2D eigenvalue weighted by atomic mass is 16.6. The largest absolute Gasteiger partial charge is 0.394 e. The fourth-order valence-electron chi connectivity index (χ4n) is 1.74. The summed E-state index contributed by atoms with van der Waals surface area (Å²) >= 11 is 0. The lowest BCUT2D eigenvalue weighted by atomic mass is 10.1. The summed E-state index contributed by atoms with van der Waals surface area (Å²) in [5, 5.41) is 36.0. The van der Waals surface area contributed by atoms with Crippen LogP contribution in [0.2, 0.25) is 0 Å². The van der Waals surface area contributed by atoms with Gasteiger partial charge in [-0.25, -0.2) is 4.99 Å². The Hall–Kier alpha value is -1.54. The molecule has 1 aliphatic rings. The highest BCUT2D eigenvalue weighted by Gasteiger charge is 2.44. The van der Waals surface area contributed by atoms with Gasteiger partial charge in [0.1, 0.15) is 24.1 Å². The monoisotopic (exact) mass is 269 g/mol. The molecule has 1 rings (SSSR count). The van der Waals surface area contributed by atoms with Gasteiger partial charge in [0.25, 0.3) is 0 Å². The van der Waals surface area contributed by atoms with Crippen molar-refractivity contribution in [2.24, 2.45) is 4.99 Å². The Kier molecular flexibility index (Phi) is 5.37. The third-order valence-corrected chi connectivity index (χ3v) is 2.80. The molecular weight excluding hydrogens is 250 g/mol. The van der Waals surface area contributed by atoms with E-state index in [1.54, 1.807) is 6.92 Å². The van der Waals surface area contributed by atoms with Gasteiger partial charge in [0.15, 0.2) is 6.23 Å². The second-order valence-electron chi connectivity index (χ2n) is 4.23. The topological polar surface area (TPSA) is 109 Å². The van der Waals surface area contributed by atoms with Gasteiger partial charge in [-0.2, -0.15) is 0 Å². The van der Waals surface area contributed by atoms with Crippen molar-refractivity contribution in [3.63, 3.8) is 0 Å². The molecule has 0 spiro atoms. The number of nitrogens with one attached hydrogen (secondary N) is 1. The molecule has 0 radical (unpaired) electrons. The van der Waals surface area contributed by atoms with E-state index in [1.807, 2.05) is 0 Å². The van der Waals surface area contributed by atoms with E-state index in [1.165, 1.54) is 17.2 Å². The van der Waals surface area contributed by atoms with E-state index >= 15 is 0 Å². The van der Waals surface area contributed by atoms with E-state index in [0.29, 0.717) is 5.70 Å². The van der Waals surface area contributed by atoms with Crippen molar-refractivity contribution >= 4 is 12.6 Å². The molecule has 0 saturated carbocycles. The van der Waals surface area contributed by atoms with Crippen molar-refractivity contribution < 1.29 is 20.1 Å². The SMILES string of the molecule is C=NC(=N)/C=C\N(C(=C)C)[C@@H]1O[C@H](CO)C(O)[C@@H]1O. The molecule has 0 aliphatic carbocycles. The molecule has 0 aromatic carbocycles. The summed E-state index contributed by atoms with van der Waals surface area (Å²) in [6.07, 6.45) is -1.28. The maximum Gasteiger partial charge on any atom is 0.163 e. The van der Waals surface area contributed by atoms with Gasteiger partial charge < -0.3 is 25.0 Å². The van der Waals surface area contributed by atoms with Crippen LogP contribution in [0, 0.1) is 5.41 Å². The third-order valence-electron chi connectivity index (χ3n) is 2.80. The van der Waals surface area contributed by atoms with E-state index in [4.69, 9.17) is 15.3 Å². The summed E-state index contributed by atoms with van der Waals surface area (Å²) in [4.78, 5) is 4.87. The van der Waals surface area contributed by atoms with E-state index in [9.17, 15) is 10.2 Å². The first kappa shape index (κ1) is 15.5. The molecule has 1 unspecified atom stereocenters. The van der Waals surface area contributed by atoms with Crippen LogP contribution in [0.1, 0.15) is 6.92 Å². The second-order valence-corrected chi connectivity index (χ2v) is 4.23. The summed E-state index contributed by atoms with van der Waals surface area (Å²) in [5.41, 5.74) is 0.544. The maximum atomic E-state index is 9.91. The van der Waals surface area contributed by atoms with Gasteiger partial charge in [0, 0.05) is 11.9 Å². The number of nitrogens with zero attached hydrogens (tertiary/aromatic N) is 2. The van der Waals surface area contributed by atoms with E-state index < -0.39 is 31.1 Å². The zero-order chi connectivity index (χ0) is 14.6. The molecule has 1 heterocycles. The van der Waals surface area contributed by atoms with Crippen LogP contribution in [-0.2, 0) is 4.74 Å². The molecule has 4 atom stereocenters. The number of aliphatic imine (C=N–C) groups is 1. The summed E-state index contributed by atoms with van der Waals surface area (Å²) in [6.45, 7) is 8.24. The van der Waals surface area contributed by atoms with Crippen LogP contribution in [0.3, 0.4) is 0 Å². The van der Waals surface area contributed by atoms with Crippen LogP contribution < -0.4 is 0 Å². The molecule has 0 aromatic heterocycles. The lowest BCUT2D eigenvalue weighted by Crippen LogP contribution is -2.40. The van der Waals surface area contributed by atoms with Crippen molar-refractivity contribution in [3.8, 4) is 0 Å². The van der Waals surface area contributed by atoms with Crippen LogP contribution in [0.25, 0.3) is 0 Å². The van der Waals surface area contributed by atoms with E-state index in [2.05, 4.69) is 18.3 Å². The van der Waals surface area contributed by atoms with Crippen molar-refractivity contribution in [1.82, 2.24) is 4.90 Å². The zero-order valence-corrected chi connectivity index (χ0v) is 10.7. The Bertz CT molecular complexity index is 396. The summed E-state index contributed by atoms with van der Waals surface area (Å²) in [7, 11) is 0. The Morgan fingerprint density at radius 2 is 2.11 bits per heavy atom. The van der Waals surface area contributed by atoms with Gasteiger partial charge in [-0.1, -0.05) is 6.58 Å².